The number of carbonyl (C=O) groups excluding carboxylic acids is 1. The second kappa shape index (κ2) is 12.2. The van der Waals surface area contributed by atoms with E-state index >= 15 is 0 Å². The Morgan fingerprint density at radius 2 is 1.40 bits per heavy atom. The summed E-state index contributed by atoms with van der Waals surface area (Å²) >= 11 is 0. The van der Waals surface area contributed by atoms with Gasteiger partial charge in [0.1, 0.15) is 0 Å². The van der Waals surface area contributed by atoms with Crippen molar-refractivity contribution in [3.63, 3.8) is 0 Å². The average Bonchev–Trinajstić information content (AvgIpc) is 2.48. The second-order valence-electron chi connectivity index (χ2n) is 5.92. The molecular formula is C17H36N2O. The zero-order valence-electron chi connectivity index (χ0n) is 14.0. The van der Waals surface area contributed by atoms with Gasteiger partial charge in [-0.1, -0.05) is 65.7 Å². The topological polar surface area (TPSA) is 55.1 Å². The van der Waals surface area contributed by atoms with Crippen LogP contribution in [0, 0.1) is 5.41 Å². The van der Waals surface area contributed by atoms with Gasteiger partial charge >= 0.3 is 0 Å². The first kappa shape index (κ1) is 19.4. The van der Waals surface area contributed by atoms with Gasteiger partial charge in [0.2, 0.25) is 5.91 Å². The lowest BCUT2D eigenvalue weighted by Crippen LogP contribution is -2.45. The lowest BCUT2D eigenvalue weighted by atomic mass is 9.81. The van der Waals surface area contributed by atoms with Crippen molar-refractivity contribution < 1.29 is 4.79 Å². The van der Waals surface area contributed by atoms with Gasteiger partial charge in [-0.2, -0.15) is 0 Å². The van der Waals surface area contributed by atoms with Gasteiger partial charge in [-0.3, -0.25) is 4.79 Å². The zero-order valence-corrected chi connectivity index (χ0v) is 14.0. The van der Waals surface area contributed by atoms with Crippen LogP contribution in [0.1, 0.15) is 85.0 Å². The summed E-state index contributed by atoms with van der Waals surface area (Å²) in [7, 11) is 0. The van der Waals surface area contributed by atoms with Crippen LogP contribution >= 0.6 is 0 Å². The van der Waals surface area contributed by atoms with Crippen LogP contribution in [0.15, 0.2) is 0 Å². The highest BCUT2D eigenvalue weighted by atomic mass is 16.2. The van der Waals surface area contributed by atoms with E-state index in [9.17, 15) is 4.79 Å². The van der Waals surface area contributed by atoms with E-state index < -0.39 is 0 Å². The summed E-state index contributed by atoms with van der Waals surface area (Å²) in [6.45, 7) is 7.59. The quantitative estimate of drug-likeness (QED) is 0.502. The van der Waals surface area contributed by atoms with Crippen LogP contribution in [0.4, 0.5) is 0 Å². The molecule has 0 aromatic carbocycles. The van der Waals surface area contributed by atoms with Crippen molar-refractivity contribution in [3.8, 4) is 0 Å². The summed E-state index contributed by atoms with van der Waals surface area (Å²) < 4.78 is 0. The Morgan fingerprint density at radius 1 is 0.900 bits per heavy atom. The average molecular weight is 284 g/mol. The normalized spacial score (nSPS) is 11.6. The number of hydrogen-bond donors (Lipinski definition) is 2. The number of nitrogens with one attached hydrogen (secondary N) is 1. The molecule has 0 heterocycles. The molecule has 120 valence electrons. The monoisotopic (exact) mass is 284 g/mol. The number of carbonyl (C=O) groups is 1. The summed E-state index contributed by atoms with van der Waals surface area (Å²) in [4.78, 5) is 12.2. The molecular weight excluding hydrogens is 248 g/mol. The first-order valence-electron chi connectivity index (χ1n) is 8.65. The highest BCUT2D eigenvalue weighted by Gasteiger charge is 2.32. The van der Waals surface area contributed by atoms with Crippen molar-refractivity contribution in [2.24, 2.45) is 11.1 Å². The second-order valence-corrected chi connectivity index (χ2v) is 5.92. The van der Waals surface area contributed by atoms with E-state index in [-0.39, 0.29) is 11.3 Å². The van der Waals surface area contributed by atoms with E-state index in [0.29, 0.717) is 6.54 Å². The highest BCUT2D eigenvalue weighted by molar-refractivity contribution is 5.82. The van der Waals surface area contributed by atoms with Crippen LogP contribution in [0.5, 0.6) is 0 Å². The van der Waals surface area contributed by atoms with E-state index in [0.717, 1.165) is 25.8 Å². The van der Waals surface area contributed by atoms with E-state index in [2.05, 4.69) is 12.2 Å². The van der Waals surface area contributed by atoms with Crippen LogP contribution in [0.2, 0.25) is 0 Å². The van der Waals surface area contributed by atoms with Crippen molar-refractivity contribution in [1.82, 2.24) is 5.32 Å². The van der Waals surface area contributed by atoms with Crippen molar-refractivity contribution >= 4 is 5.91 Å². The molecule has 0 rings (SSSR count). The summed E-state index contributed by atoms with van der Waals surface area (Å²) in [5.74, 6) is 0.146. The Hall–Kier alpha value is -0.570. The summed E-state index contributed by atoms with van der Waals surface area (Å²) in [6, 6.07) is 0. The molecule has 0 aliphatic carbocycles. The molecule has 0 fully saturated rings. The molecule has 0 saturated carbocycles. The molecule has 0 unspecified atom stereocenters. The van der Waals surface area contributed by atoms with Crippen LogP contribution < -0.4 is 11.1 Å². The first-order valence-corrected chi connectivity index (χ1v) is 8.65. The maximum absolute atomic E-state index is 12.2. The maximum atomic E-state index is 12.2. The summed E-state index contributed by atoms with van der Waals surface area (Å²) in [6.07, 6.45) is 12.0. The van der Waals surface area contributed by atoms with E-state index in [1.807, 2.05) is 13.8 Å². The SMILES string of the molecule is CCCCCCCCCCNC(=O)C(CC)(CC)CN. The predicted octanol–water partition coefficient (Wildman–Crippen LogP) is 4.01. The minimum Gasteiger partial charge on any atom is -0.356 e. The van der Waals surface area contributed by atoms with Crippen molar-refractivity contribution in [2.75, 3.05) is 13.1 Å². The fraction of sp³-hybridized carbons (Fsp3) is 0.941. The Bertz CT molecular complexity index is 229. The Balaban J connectivity index is 3.61. The third-order valence-corrected chi connectivity index (χ3v) is 4.54. The summed E-state index contributed by atoms with van der Waals surface area (Å²) in [5, 5.41) is 3.07. The lowest BCUT2D eigenvalue weighted by molar-refractivity contribution is -0.131. The molecule has 0 radical (unpaired) electrons. The minimum atomic E-state index is -0.347. The first-order chi connectivity index (χ1) is 9.66. The molecule has 0 atom stereocenters. The molecule has 0 bridgehead atoms. The fourth-order valence-corrected chi connectivity index (χ4v) is 2.60. The van der Waals surface area contributed by atoms with Crippen molar-refractivity contribution in [2.45, 2.75) is 85.0 Å². The standard InChI is InChI=1S/C17H36N2O/c1-4-7-8-9-10-11-12-13-14-19-16(20)17(5-2,6-3)15-18/h4-15,18H2,1-3H3,(H,19,20). The smallest absolute Gasteiger partial charge is 0.227 e. The fourth-order valence-electron chi connectivity index (χ4n) is 2.60. The molecule has 0 aromatic heterocycles. The molecule has 0 aliphatic heterocycles. The number of hydrogen-bond acceptors (Lipinski definition) is 2. The van der Waals surface area contributed by atoms with E-state index in [1.54, 1.807) is 0 Å². The van der Waals surface area contributed by atoms with Gasteiger partial charge < -0.3 is 11.1 Å². The number of amides is 1. The number of unbranched alkanes of at least 4 members (excludes halogenated alkanes) is 7. The number of nitrogens with two attached hydrogens (primary N) is 1. The van der Waals surface area contributed by atoms with Gasteiger partial charge in [-0.15, -0.1) is 0 Å². The van der Waals surface area contributed by atoms with Gasteiger partial charge in [-0.25, -0.2) is 0 Å². The van der Waals surface area contributed by atoms with Gasteiger partial charge in [0, 0.05) is 13.1 Å². The third-order valence-electron chi connectivity index (χ3n) is 4.54. The molecule has 0 spiro atoms. The van der Waals surface area contributed by atoms with Gasteiger partial charge in [0.25, 0.3) is 0 Å². The zero-order chi connectivity index (χ0) is 15.3. The molecule has 3 nitrogen and oxygen atoms in total. The van der Waals surface area contributed by atoms with Crippen molar-refractivity contribution in [1.29, 1.82) is 0 Å². The third kappa shape index (κ3) is 7.28. The predicted molar refractivity (Wildman–Crippen MR) is 87.7 cm³/mol. The van der Waals surface area contributed by atoms with Crippen LogP contribution in [0.25, 0.3) is 0 Å². The maximum Gasteiger partial charge on any atom is 0.227 e. The molecule has 1 amide bonds. The minimum absolute atomic E-state index is 0.146. The van der Waals surface area contributed by atoms with E-state index in [4.69, 9.17) is 5.73 Å². The van der Waals surface area contributed by atoms with Gasteiger partial charge in [0.15, 0.2) is 0 Å². The van der Waals surface area contributed by atoms with Crippen LogP contribution in [-0.4, -0.2) is 19.0 Å². The lowest BCUT2D eigenvalue weighted by Gasteiger charge is -2.28. The molecule has 3 heteroatoms. The molecule has 3 N–H and O–H groups in total. The summed E-state index contributed by atoms with van der Waals surface area (Å²) in [5.41, 5.74) is 5.43. The Kier molecular flexibility index (Phi) is 11.8. The van der Waals surface area contributed by atoms with Gasteiger partial charge in [0.05, 0.1) is 5.41 Å². The Morgan fingerprint density at radius 3 is 1.85 bits per heavy atom. The highest BCUT2D eigenvalue weighted by Crippen LogP contribution is 2.24. The van der Waals surface area contributed by atoms with Crippen molar-refractivity contribution in [3.05, 3.63) is 0 Å². The largest absolute Gasteiger partial charge is 0.356 e. The van der Waals surface area contributed by atoms with Crippen LogP contribution in [-0.2, 0) is 4.79 Å². The molecule has 0 aromatic rings. The molecule has 0 saturated heterocycles. The van der Waals surface area contributed by atoms with Crippen LogP contribution in [0.3, 0.4) is 0 Å². The molecule has 0 aliphatic rings. The molecule has 20 heavy (non-hydrogen) atoms. The number of rotatable bonds is 13. The van der Waals surface area contributed by atoms with Gasteiger partial charge in [-0.05, 0) is 19.3 Å². The Labute approximate surface area is 126 Å². The van der Waals surface area contributed by atoms with E-state index in [1.165, 1.54) is 44.9 Å².